The zero-order valence-electron chi connectivity index (χ0n) is 12.4. The molecule has 7 nitrogen and oxygen atoms in total. The Morgan fingerprint density at radius 1 is 0.909 bits per heavy atom. The molecule has 0 N–H and O–H groups in total. The van der Waals surface area contributed by atoms with Crippen LogP contribution in [0.5, 0.6) is 0 Å². The summed E-state index contributed by atoms with van der Waals surface area (Å²) in [4.78, 5) is 17.3. The van der Waals surface area contributed by atoms with Gasteiger partial charge in [0, 0.05) is 50.3 Å². The molecule has 3 aromatic heterocycles. The third kappa shape index (κ3) is 2.34. The first-order chi connectivity index (χ1) is 10.8. The minimum absolute atomic E-state index is 0.874. The molecule has 3 aromatic rings. The smallest absolute Gasteiger partial charge is 0.153 e. The molecular formula is C15H17N7. The van der Waals surface area contributed by atoms with Crippen molar-refractivity contribution in [1.82, 2.24) is 24.6 Å². The molecule has 22 heavy (non-hydrogen) atoms. The lowest BCUT2D eigenvalue weighted by molar-refractivity contribution is 0.635. The van der Waals surface area contributed by atoms with Gasteiger partial charge < -0.3 is 9.80 Å². The van der Waals surface area contributed by atoms with Crippen LogP contribution in [0.2, 0.25) is 0 Å². The highest BCUT2D eigenvalue weighted by molar-refractivity contribution is 5.48. The zero-order chi connectivity index (χ0) is 14.9. The number of imidazole rings is 1. The topological polar surface area (TPSA) is 62.5 Å². The first kappa shape index (κ1) is 13.0. The molecule has 0 radical (unpaired) electrons. The van der Waals surface area contributed by atoms with Crippen molar-refractivity contribution in [2.24, 2.45) is 0 Å². The van der Waals surface area contributed by atoms with E-state index in [-0.39, 0.29) is 0 Å². The summed E-state index contributed by atoms with van der Waals surface area (Å²) in [5, 5.41) is 4.61. The van der Waals surface area contributed by atoms with Gasteiger partial charge in [-0.15, -0.1) is 5.10 Å². The fourth-order valence-electron chi connectivity index (χ4n) is 2.75. The number of anilines is 2. The van der Waals surface area contributed by atoms with Crippen molar-refractivity contribution in [2.75, 3.05) is 36.0 Å². The molecule has 1 aliphatic heterocycles. The molecule has 0 aliphatic carbocycles. The minimum atomic E-state index is 0.874. The van der Waals surface area contributed by atoms with Gasteiger partial charge in [-0.1, -0.05) is 0 Å². The molecule has 4 heterocycles. The third-order valence-electron chi connectivity index (χ3n) is 3.96. The predicted molar refractivity (Wildman–Crippen MR) is 84.2 cm³/mol. The monoisotopic (exact) mass is 295 g/mol. The maximum Gasteiger partial charge on any atom is 0.153 e. The van der Waals surface area contributed by atoms with Crippen molar-refractivity contribution in [1.29, 1.82) is 0 Å². The summed E-state index contributed by atoms with van der Waals surface area (Å²) < 4.78 is 1.81. The lowest BCUT2D eigenvalue weighted by Crippen LogP contribution is -2.47. The standard InChI is InChI=1S/C15H17N7/c1-12-10-15(18-11-17-12)21-8-6-20(7-9-21)14-3-2-13-16-4-5-22(13)19-14/h2-5,10-11H,6-9H2,1H3. The summed E-state index contributed by atoms with van der Waals surface area (Å²) in [5.74, 6) is 1.99. The summed E-state index contributed by atoms with van der Waals surface area (Å²) in [7, 11) is 0. The van der Waals surface area contributed by atoms with Crippen LogP contribution >= 0.6 is 0 Å². The van der Waals surface area contributed by atoms with Gasteiger partial charge in [-0.25, -0.2) is 19.5 Å². The number of rotatable bonds is 2. The van der Waals surface area contributed by atoms with Gasteiger partial charge in [0.1, 0.15) is 18.0 Å². The Morgan fingerprint density at radius 2 is 1.68 bits per heavy atom. The van der Waals surface area contributed by atoms with E-state index < -0.39 is 0 Å². The molecule has 0 spiro atoms. The average Bonchev–Trinajstić information content (AvgIpc) is 3.02. The summed E-state index contributed by atoms with van der Waals surface area (Å²) >= 11 is 0. The van der Waals surface area contributed by atoms with Crippen molar-refractivity contribution in [3.63, 3.8) is 0 Å². The van der Waals surface area contributed by atoms with E-state index in [0.717, 1.165) is 49.2 Å². The van der Waals surface area contributed by atoms with Crippen molar-refractivity contribution in [3.05, 3.63) is 42.6 Å². The Morgan fingerprint density at radius 3 is 2.45 bits per heavy atom. The van der Waals surface area contributed by atoms with Crippen LogP contribution in [-0.4, -0.2) is 50.7 Å². The van der Waals surface area contributed by atoms with Crippen LogP contribution in [0.15, 0.2) is 36.9 Å². The van der Waals surface area contributed by atoms with Crippen molar-refractivity contribution >= 4 is 17.3 Å². The second kappa shape index (κ2) is 5.25. The second-order valence-corrected chi connectivity index (χ2v) is 5.41. The van der Waals surface area contributed by atoms with Crippen molar-refractivity contribution in [2.45, 2.75) is 6.92 Å². The highest BCUT2D eigenvalue weighted by atomic mass is 15.4. The third-order valence-corrected chi connectivity index (χ3v) is 3.96. The van der Waals surface area contributed by atoms with Gasteiger partial charge >= 0.3 is 0 Å². The zero-order valence-corrected chi connectivity index (χ0v) is 12.4. The first-order valence-corrected chi connectivity index (χ1v) is 7.38. The average molecular weight is 295 g/mol. The molecule has 1 aliphatic rings. The molecule has 0 amide bonds. The van der Waals surface area contributed by atoms with Crippen LogP contribution in [0, 0.1) is 6.92 Å². The van der Waals surface area contributed by atoms with Gasteiger partial charge in [-0.3, -0.25) is 0 Å². The predicted octanol–water partition coefficient (Wildman–Crippen LogP) is 1.15. The van der Waals surface area contributed by atoms with Crippen molar-refractivity contribution < 1.29 is 0 Å². The van der Waals surface area contributed by atoms with Crippen LogP contribution in [0.4, 0.5) is 11.6 Å². The maximum absolute atomic E-state index is 4.61. The van der Waals surface area contributed by atoms with E-state index in [1.165, 1.54) is 0 Å². The number of aryl methyl sites for hydroxylation is 1. The van der Waals surface area contributed by atoms with E-state index in [0.29, 0.717) is 0 Å². The Hall–Kier alpha value is -2.70. The van der Waals surface area contributed by atoms with Crippen LogP contribution < -0.4 is 9.80 Å². The fourth-order valence-corrected chi connectivity index (χ4v) is 2.75. The van der Waals surface area contributed by atoms with E-state index in [2.05, 4.69) is 29.9 Å². The number of hydrogen-bond acceptors (Lipinski definition) is 6. The minimum Gasteiger partial charge on any atom is -0.353 e. The maximum atomic E-state index is 4.61. The van der Waals surface area contributed by atoms with E-state index >= 15 is 0 Å². The summed E-state index contributed by atoms with van der Waals surface area (Å²) in [6.45, 7) is 5.71. The Balaban J connectivity index is 1.49. The van der Waals surface area contributed by atoms with Crippen LogP contribution in [-0.2, 0) is 0 Å². The van der Waals surface area contributed by atoms with Gasteiger partial charge in [0.2, 0.25) is 0 Å². The number of hydrogen-bond donors (Lipinski definition) is 0. The molecule has 112 valence electrons. The van der Waals surface area contributed by atoms with E-state index in [1.807, 2.05) is 35.8 Å². The summed E-state index contributed by atoms with van der Waals surface area (Å²) in [6.07, 6.45) is 5.27. The fraction of sp³-hybridized carbons (Fsp3) is 0.333. The Labute approximate surface area is 128 Å². The highest BCUT2D eigenvalue weighted by Gasteiger charge is 2.19. The number of piperazine rings is 1. The van der Waals surface area contributed by atoms with E-state index in [1.54, 1.807) is 12.5 Å². The highest BCUT2D eigenvalue weighted by Crippen LogP contribution is 2.17. The Kier molecular flexibility index (Phi) is 3.10. The molecule has 1 saturated heterocycles. The van der Waals surface area contributed by atoms with Gasteiger partial charge in [0.05, 0.1) is 0 Å². The van der Waals surface area contributed by atoms with E-state index in [4.69, 9.17) is 0 Å². The van der Waals surface area contributed by atoms with Gasteiger partial charge in [0.15, 0.2) is 5.65 Å². The molecular weight excluding hydrogens is 278 g/mol. The number of fused-ring (bicyclic) bond motifs is 1. The van der Waals surface area contributed by atoms with Crippen LogP contribution in [0.3, 0.4) is 0 Å². The van der Waals surface area contributed by atoms with Gasteiger partial charge in [0.25, 0.3) is 0 Å². The molecule has 1 fully saturated rings. The molecule has 0 atom stereocenters. The molecule has 0 aromatic carbocycles. The Bertz CT molecular complexity index is 789. The van der Waals surface area contributed by atoms with Crippen LogP contribution in [0.1, 0.15) is 5.69 Å². The largest absolute Gasteiger partial charge is 0.353 e. The molecule has 7 heteroatoms. The lowest BCUT2D eigenvalue weighted by atomic mass is 10.3. The van der Waals surface area contributed by atoms with Crippen molar-refractivity contribution in [3.8, 4) is 0 Å². The number of nitrogens with zero attached hydrogens (tertiary/aromatic N) is 7. The van der Waals surface area contributed by atoms with Crippen LogP contribution in [0.25, 0.3) is 5.65 Å². The molecule has 4 rings (SSSR count). The lowest BCUT2D eigenvalue weighted by Gasteiger charge is -2.35. The SMILES string of the molecule is Cc1cc(N2CCN(c3ccc4nccn4n3)CC2)ncn1. The van der Waals surface area contributed by atoms with Gasteiger partial charge in [-0.2, -0.15) is 0 Å². The van der Waals surface area contributed by atoms with Gasteiger partial charge in [-0.05, 0) is 19.1 Å². The first-order valence-electron chi connectivity index (χ1n) is 7.38. The quantitative estimate of drug-likeness (QED) is 0.707. The summed E-state index contributed by atoms with van der Waals surface area (Å²) in [5.41, 5.74) is 1.87. The molecule has 0 saturated carbocycles. The number of aromatic nitrogens is 5. The summed E-state index contributed by atoms with van der Waals surface area (Å²) in [6, 6.07) is 6.07. The molecule has 0 bridgehead atoms. The second-order valence-electron chi connectivity index (χ2n) is 5.41. The van der Waals surface area contributed by atoms with E-state index in [9.17, 15) is 0 Å². The molecule has 0 unspecified atom stereocenters. The normalized spacial score (nSPS) is 15.5.